The minimum absolute atomic E-state index is 0.168. The fourth-order valence-corrected chi connectivity index (χ4v) is 2.92. The van der Waals surface area contributed by atoms with Crippen molar-refractivity contribution in [1.82, 2.24) is 5.32 Å². The molecule has 4 rings (SSSR count). The molecule has 146 valence electrons. The van der Waals surface area contributed by atoms with Crippen molar-refractivity contribution in [1.29, 1.82) is 0 Å². The standard InChI is InChI=1S/C24H21NO4/c26-23(25-18-15-16-18)22(17-9-3-1-4-10-17)29-24(27)20-13-7-8-14-21(20)28-19-11-5-2-6-12-19/h1-14,18,22H,15-16H2,(H,25,26). The van der Waals surface area contributed by atoms with Gasteiger partial charge in [0, 0.05) is 11.6 Å². The van der Waals surface area contributed by atoms with Crippen LogP contribution < -0.4 is 10.1 Å². The number of nitrogens with one attached hydrogen (secondary N) is 1. The molecule has 0 radical (unpaired) electrons. The van der Waals surface area contributed by atoms with E-state index in [4.69, 9.17) is 9.47 Å². The van der Waals surface area contributed by atoms with Crippen molar-refractivity contribution in [2.45, 2.75) is 25.0 Å². The zero-order valence-electron chi connectivity index (χ0n) is 15.8. The van der Waals surface area contributed by atoms with Crippen molar-refractivity contribution in [3.8, 4) is 11.5 Å². The number of amides is 1. The maximum absolute atomic E-state index is 13.0. The largest absolute Gasteiger partial charge is 0.456 e. The summed E-state index contributed by atoms with van der Waals surface area (Å²) in [6.45, 7) is 0. The number of para-hydroxylation sites is 2. The maximum Gasteiger partial charge on any atom is 0.343 e. The lowest BCUT2D eigenvalue weighted by molar-refractivity contribution is -0.130. The van der Waals surface area contributed by atoms with E-state index in [1.165, 1.54) is 0 Å². The minimum atomic E-state index is -1.02. The van der Waals surface area contributed by atoms with E-state index in [2.05, 4.69) is 5.32 Å². The Balaban J connectivity index is 1.57. The third-order valence-corrected chi connectivity index (χ3v) is 4.57. The molecule has 0 heterocycles. The summed E-state index contributed by atoms with van der Waals surface area (Å²) in [5.74, 6) is 0.0572. The van der Waals surface area contributed by atoms with Gasteiger partial charge in [0.2, 0.25) is 6.10 Å². The molecule has 1 aliphatic carbocycles. The molecule has 1 saturated carbocycles. The van der Waals surface area contributed by atoms with E-state index >= 15 is 0 Å². The summed E-state index contributed by atoms with van der Waals surface area (Å²) in [5, 5.41) is 2.92. The number of rotatable bonds is 7. The van der Waals surface area contributed by atoms with E-state index in [9.17, 15) is 9.59 Å². The van der Waals surface area contributed by atoms with Crippen LogP contribution in [0.25, 0.3) is 0 Å². The van der Waals surface area contributed by atoms with Crippen LogP contribution in [0.4, 0.5) is 0 Å². The molecular weight excluding hydrogens is 366 g/mol. The van der Waals surface area contributed by atoms with Crippen molar-refractivity contribution >= 4 is 11.9 Å². The fraction of sp³-hybridized carbons (Fsp3) is 0.167. The summed E-state index contributed by atoms with van der Waals surface area (Å²) in [7, 11) is 0. The third-order valence-electron chi connectivity index (χ3n) is 4.57. The predicted octanol–water partition coefficient (Wildman–Crippen LogP) is 4.66. The fourth-order valence-electron chi connectivity index (χ4n) is 2.92. The van der Waals surface area contributed by atoms with Crippen molar-refractivity contribution in [3.63, 3.8) is 0 Å². The Morgan fingerprint density at radius 2 is 1.45 bits per heavy atom. The Bertz CT molecular complexity index is 984. The molecule has 29 heavy (non-hydrogen) atoms. The predicted molar refractivity (Wildman–Crippen MR) is 109 cm³/mol. The van der Waals surface area contributed by atoms with Crippen LogP contribution in [0, 0.1) is 0 Å². The van der Waals surface area contributed by atoms with Crippen molar-refractivity contribution in [3.05, 3.63) is 96.1 Å². The molecule has 1 fully saturated rings. The number of carbonyl (C=O) groups is 2. The SMILES string of the molecule is O=C(OC(C(=O)NC1CC1)c1ccccc1)c1ccccc1Oc1ccccc1. The first kappa shape index (κ1) is 18.7. The lowest BCUT2D eigenvalue weighted by Crippen LogP contribution is -2.33. The zero-order valence-corrected chi connectivity index (χ0v) is 15.8. The molecule has 0 aromatic heterocycles. The topological polar surface area (TPSA) is 64.6 Å². The highest BCUT2D eigenvalue weighted by Gasteiger charge is 2.31. The van der Waals surface area contributed by atoms with Gasteiger partial charge in [0.15, 0.2) is 0 Å². The van der Waals surface area contributed by atoms with Crippen LogP contribution in [0.1, 0.15) is 34.9 Å². The lowest BCUT2D eigenvalue weighted by atomic mass is 10.1. The second-order valence-electron chi connectivity index (χ2n) is 6.89. The van der Waals surface area contributed by atoms with E-state index in [0.717, 1.165) is 12.8 Å². The number of benzene rings is 3. The molecule has 5 heteroatoms. The quantitative estimate of drug-likeness (QED) is 0.599. The van der Waals surface area contributed by atoms with E-state index < -0.39 is 12.1 Å². The van der Waals surface area contributed by atoms with E-state index in [1.807, 2.05) is 36.4 Å². The first-order valence-corrected chi connectivity index (χ1v) is 9.59. The van der Waals surface area contributed by atoms with Crippen LogP contribution in [0.3, 0.4) is 0 Å². The smallest absolute Gasteiger partial charge is 0.343 e. The normalized spacial score (nSPS) is 13.9. The molecule has 1 unspecified atom stereocenters. The van der Waals surface area contributed by atoms with Crippen LogP contribution in [-0.4, -0.2) is 17.9 Å². The Hall–Kier alpha value is -3.60. The van der Waals surface area contributed by atoms with Gasteiger partial charge in [0.25, 0.3) is 5.91 Å². The second kappa shape index (κ2) is 8.61. The summed E-state index contributed by atoms with van der Waals surface area (Å²) < 4.78 is 11.5. The van der Waals surface area contributed by atoms with Gasteiger partial charge >= 0.3 is 5.97 Å². The highest BCUT2D eigenvalue weighted by molar-refractivity contribution is 5.95. The Morgan fingerprint density at radius 3 is 2.14 bits per heavy atom. The zero-order chi connectivity index (χ0) is 20.1. The summed E-state index contributed by atoms with van der Waals surface area (Å²) in [4.78, 5) is 25.7. The molecule has 3 aromatic rings. The van der Waals surface area contributed by atoms with Gasteiger partial charge in [-0.05, 0) is 37.1 Å². The maximum atomic E-state index is 13.0. The molecule has 0 bridgehead atoms. The Labute approximate surface area is 169 Å². The van der Waals surface area contributed by atoms with Gasteiger partial charge in [0.1, 0.15) is 17.1 Å². The molecular formula is C24H21NO4. The third kappa shape index (κ3) is 4.82. The van der Waals surface area contributed by atoms with Gasteiger partial charge < -0.3 is 14.8 Å². The average Bonchev–Trinajstić information content (AvgIpc) is 3.57. The molecule has 0 spiro atoms. The first-order valence-electron chi connectivity index (χ1n) is 9.59. The van der Waals surface area contributed by atoms with Crippen molar-refractivity contribution < 1.29 is 19.1 Å². The van der Waals surface area contributed by atoms with Crippen LogP contribution in [0.15, 0.2) is 84.9 Å². The molecule has 1 amide bonds. The van der Waals surface area contributed by atoms with Crippen molar-refractivity contribution in [2.24, 2.45) is 0 Å². The van der Waals surface area contributed by atoms with E-state index in [0.29, 0.717) is 17.1 Å². The van der Waals surface area contributed by atoms with Crippen LogP contribution in [0.2, 0.25) is 0 Å². The number of hydrogen-bond donors (Lipinski definition) is 1. The Morgan fingerprint density at radius 1 is 0.828 bits per heavy atom. The minimum Gasteiger partial charge on any atom is -0.456 e. The van der Waals surface area contributed by atoms with Crippen LogP contribution >= 0.6 is 0 Å². The summed E-state index contributed by atoms with van der Waals surface area (Å²) in [6, 6.07) is 25.2. The van der Waals surface area contributed by atoms with Gasteiger partial charge in [-0.1, -0.05) is 60.7 Å². The van der Waals surface area contributed by atoms with Gasteiger partial charge in [0.05, 0.1) is 0 Å². The summed E-state index contributed by atoms with van der Waals surface area (Å²) in [5.41, 5.74) is 0.886. The van der Waals surface area contributed by atoms with Crippen molar-refractivity contribution in [2.75, 3.05) is 0 Å². The molecule has 1 aliphatic rings. The summed E-state index contributed by atoms with van der Waals surface area (Å²) in [6.07, 6.45) is 0.887. The Kier molecular flexibility index (Phi) is 5.56. The molecule has 0 aliphatic heterocycles. The highest BCUT2D eigenvalue weighted by atomic mass is 16.6. The molecule has 0 saturated heterocycles. The number of esters is 1. The van der Waals surface area contributed by atoms with Gasteiger partial charge in [-0.2, -0.15) is 0 Å². The summed E-state index contributed by atoms with van der Waals surface area (Å²) >= 11 is 0. The monoisotopic (exact) mass is 387 g/mol. The molecule has 3 aromatic carbocycles. The lowest BCUT2D eigenvalue weighted by Gasteiger charge is -2.19. The molecule has 1 N–H and O–H groups in total. The number of carbonyl (C=O) groups excluding carboxylic acids is 2. The van der Waals surface area contributed by atoms with E-state index in [-0.39, 0.29) is 17.5 Å². The number of ether oxygens (including phenoxy) is 2. The number of hydrogen-bond acceptors (Lipinski definition) is 4. The van der Waals surface area contributed by atoms with Gasteiger partial charge in [-0.3, -0.25) is 4.79 Å². The molecule has 5 nitrogen and oxygen atoms in total. The highest BCUT2D eigenvalue weighted by Crippen LogP contribution is 2.28. The van der Waals surface area contributed by atoms with Crippen LogP contribution in [-0.2, 0) is 9.53 Å². The van der Waals surface area contributed by atoms with E-state index in [1.54, 1.807) is 48.5 Å². The first-order chi connectivity index (χ1) is 14.2. The van der Waals surface area contributed by atoms with Gasteiger partial charge in [-0.25, -0.2) is 4.79 Å². The van der Waals surface area contributed by atoms with Gasteiger partial charge in [-0.15, -0.1) is 0 Å². The molecule has 1 atom stereocenters. The second-order valence-corrected chi connectivity index (χ2v) is 6.89. The average molecular weight is 387 g/mol. The van der Waals surface area contributed by atoms with Crippen LogP contribution in [0.5, 0.6) is 11.5 Å².